The lowest BCUT2D eigenvalue weighted by Crippen LogP contribution is -2.39. The fraction of sp³-hybridized carbons (Fsp3) is 0.571. The van der Waals surface area contributed by atoms with E-state index in [9.17, 15) is 12.8 Å². The van der Waals surface area contributed by atoms with Gasteiger partial charge in [-0.25, -0.2) is 12.8 Å². The molecule has 0 aromatic heterocycles. The molecule has 21 heavy (non-hydrogen) atoms. The number of rotatable bonds is 4. The lowest BCUT2D eigenvalue weighted by Gasteiger charge is -2.31. The van der Waals surface area contributed by atoms with Crippen LogP contribution in [0.3, 0.4) is 0 Å². The smallest absolute Gasteiger partial charge is 0.243 e. The van der Waals surface area contributed by atoms with Crippen molar-refractivity contribution >= 4 is 21.6 Å². The molecule has 0 spiro atoms. The summed E-state index contributed by atoms with van der Waals surface area (Å²) in [5.41, 5.74) is 0.0827. The number of halogens is 2. The molecule has 1 aliphatic rings. The van der Waals surface area contributed by atoms with Gasteiger partial charge in [0, 0.05) is 18.7 Å². The summed E-state index contributed by atoms with van der Waals surface area (Å²) in [6.45, 7) is 2.43. The quantitative estimate of drug-likeness (QED) is 0.920. The summed E-state index contributed by atoms with van der Waals surface area (Å²) in [5.74, 6) is -0.492. The molecule has 1 aliphatic heterocycles. The second kappa shape index (κ2) is 6.60. The molecule has 1 N–H and O–H groups in total. The minimum Gasteiger partial charge on any atom is -0.392 e. The lowest BCUT2D eigenvalue weighted by molar-refractivity contribution is 0.261. The topological polar surface area (TPSA) is 57.6 Å². The molecule has 1 aromatic rings. The molecule has 1 saturated heterocycles. The maximum atomic E-state index is 13.7. The van der Waals surface area contributed by atoms with Gasteiger partial charge in [0.05, 0.1) is 16.5 Å². The predicted molar refractivity (Wildman–Crippen MR) is 79.1 cm³/mol. The Labute approximate surface area is 129 Å². The van der Waals surface area contributed by atoms with Gasteiger partial charge >= 0.3 is 0 Å². The van der Waals surface area contributed by atoms with E-state index in [1.165, 1.54) is 10.4 Å². The minimum absolute atomic E-state index is 0.0827. The first-order chi connectivity index (χ1) is 9.90. The maximum absolute atomic E-state index is 13.7. The zero-order valence-electron chi connectivity index (χ0n) is 11.8. The molecular formula is C14H19ClFNO3S. The summed E-state index contributed by atoms with van der Waals surface area (Å²) >= 11 is 5.70. The summed E-state index contributed by atoms with van der Waals surface area (Å²) in [6, 6.07) is 2.17. The summed E-state index contributed by atoms with van der Waals surface area (Å²) in [5, 5.41) is 8.93. The number of piperidine rings is 1. The molecule has 118 valence electrons. The van der Waals surface area contributed by atoms with E-state index in [4.69, 9.17) is 16.7 Å². The van der Waals surface area contributed by atoms with Crippen molar-refractivity contribution in [2.45, 2.75) is 37.7 Å². The van der Waals surface area contributed by atoms with E-state index in [-0.39, 0.29) is 15.5 Å². The Morgan fingerprint density at radius 1 is 1.48 bits per heavy atom. The third-order valence-corrected chi connectivity index (χ3v) is 6.21. The Kier molecular flexibility index (Phi) is 5.24. The van der Waals surface area contributed by atoms with Gasteiger partial charge < -0.3 is 5.11 Å². The van der Waals surface area contributed by atoms with Crippen LogP contribution >= 0.6 is 11.6 Å². The normalized spacial score (nSPS) is 20.7. The highest BCUT2D eigenvalue weighted by Crippen LogP contribution is 2.29. The zero-order chi connectivity index (χ0) is 15.6. The number of sulfonamides is 1. The zero-order valence-corrected chi connectivity index (χ0v) is 13.4. The van der Waals surface area contributed by atoms with E-state index in [2.05, 4.69) is 0 Å². The van der Waals surface area contributed by atoms with Crippen molar-refractivity contribution in [3.05, 3.63) is 28.5 Å². The summed E-state index contributed by atoms with van der Waals surface area (Å²) < 4.78 is 40.4. The van der Waals surface area contributed by atoms with Crippen molar-refractivity contribution in [1.82, 2.24) is 4.31 Å². The number of hydrogen-bond acceptors (Lipinski definition) is 3. The van der Waals surface area contributed by atoms with Crippen LogP contribution in [0, 0.1) is 11.7 Å². The summed E-state index contributed by atoms with van der Waals surface area (Å²) in [6.07, 6.45) is 2.74. The Bertz CT molecular complexity index is 621. The molecule has 0 radical (unpaired) electrons. The molecule has 1 fully saturated rings. The number of benzene rings is 1. The highest BCUT2D eigenvalue weighted by molar-refractivity contribution is 7.89. The van der Waals surface area contributed by atoms with Crippen LogP contribution in [0.2, 0.25) is 5.02 Å². The van der Waals surface area contributed by atoms with Crippen LogP contribution in [-0.2, 0) is 16.6 Å². The number of aliphatic hydroxyl groups excluding tert-OH is 1. The van der Waals surface area contributed by atoms with E-state index in [1.807, 2.05) is 6.92 Å². The van der Waals surface area contributed by atoms with Gasteiger partial charge in [0.15, 0.2) is 0 Å². The predicted octanol–water partition coefficient (Wildman–Crippen LogP) is 2.78. The molecule has 0 saturated carbocycles. The van der Waals surface area contributed by atoms with E-state index in [0.717, 1.165) is 25.3 Å². The number of hydrogen-bond donors (Lipinski definition) is 1. The van der Waals surface area contributed by atoms with Crippen molar-refractivity contribution in [2.24, 2.45) is 5.92 Å². The van der Waals surface area contributed by atoms with E-state index < -0.39 is 22.4 Å². The van der Waals surface area contributed by atoms with Gasteiger partial charge in [0.2, 0.25) is 10.0 Å². The van der Waals surface area contributed by atoms with Crippen molar-refractivity contribution < 1.29 is 17.9 Å². The highest BCUT2D eigenvalue weighted by atomic mass is 35.5. The molecule has 1 heterocycles. The van der Waals surface area contributed by atoms with Gasteiger partial charge in [-0.15, -0.1) is 0 Å². The van der Waals surface area contributed by atoms with Crippen LogP contribution in [0.4, 0.5) is 4.39 Å². The largest absolute Gasteiger partial charge is 0.392 e. The number of nitrogens with zero attached hydrogens (tertiary/aromatic N) is 1. The molecule has 1 unspecified atom stereocenters. The standard InChI is InChI=1S/C14H19ClFNO3S/c1-2-10-4-3-5-17(8-10)21(19,20)12-6-11(9-18)14(15)13(16)7-12/h6-7,10,18H,2-5,8-9H2,1H3. The molecule has 0 bridgehead atoms. The fourth-order valence-corrected chi connectivity index (χ4v) is 4.40. The van der Waals surface area contributed by atoms with Crippen LogP contribution in [0.15, 0.2) is 17.0 Å². The summed E-state index contributed by atoms with van der Waals surface area (Å²) in [4.78, 5) is -0.148. The van der Waals surface area contributed by atoms with Crippen molar-refractivity contribution in [3.8, 4) is 0 Å². The fourth-order valence-electron chi connectivity index (χ4n) is 2.61. The molecule has 1 aromatic carbocycles. The van der Waals surface area contributed by atoms with Crippen molar-refractivity contribution in [1.29, 1.82) is 0 Å². The van der Waals surface area contributed by atoms with Gasteiger partial charge in [-0.3, -0.25) is 0 Å². The van der Waals surface area contributed by atoms with Gasteiger partial charge in [-0.2, -0.15) is 4.31 Å². The summed E-state index contributed by atoms with van der Waals surface area (Å²) in [7, 11) is -3.75. The van der Waals surface area contributed by atoms with Crippen LogP contribution in [-0.4, -0.2) is 30.9 Å². The first-order valence-electron chi connectivity index (χ1n) is 6.99. The third kappa shape index (κ3) is 3.39. The Hall–Kier alpha value is -0.690. The van der Waals surface area contributed by atoms with E-state index in [0.29, 0.717) is 19.0 Å². The molecule has 0 amide bonds. The molecule has 4 nitrogen and oxygen atoms in total. The second-order valence-corrected chi connectivity index (χ2v) is 7.63. The Balaban J connectivity index is 2.37. The molecular weight excluding hydrogens is 317 g/mol. The first-order valence-corrected chi connectivity index (χ1v) is 8.80. The van der Waals surface area contributed by atoms with E-state index >= 15 is 0 Å². The van der Waals surface area contributed by atoms with Crippen LogP contribution < -0.4 is 0 Å². The van der Waals surface area contributed by atoms with E-state index in [1.54, 1.807) is 0 Å². The van der Waals surface area contributed by atoms with Crippen LogP contribution in [0.1, 0.15) is 31.7 Å². The molecule has 2 rings (SSSR count). The second-order valence-electron chi connectivity index (χ2n) is 5.32. The minimum atomic E-state index is -3.75. The Morgan fingerprint density at radius 2 is 2.19 bits per heavy atom. The van der Waals surface area contributed by atoms with Crippen molar-refractivity contribution in [2.75, 3.05) is 13.1 Å². The van der Waals surface area contributed by atoms with Crippen LogP contribution in [0.25, 0.3) is 0 Å². The van der Waals surface area contributed by atoms with Crippen LogP contribution in [0.5, 0.6) is 0 Å². The van der Waals surface area contributed by atoms with Gasteiger partial charge in [0.1, 0.15) is 5.82 Å². The number of aliphatic hydroxyl groups is 1. The molecule has 7 heteroatoms. The monoisotopic (exact) mass is 335 g/mol. The van der Waals surface area contributed by atoms with Crippen molar-refractivity contribution in [3.63, 3.8) is 0 Å². The Morgan fingerprint density at radius 3 is 2.81 bits per heavy atom. The lowest BCUT2D eigenvalue weighted by atomic mass is 9.97. The van der Waals surface area contributed by atoms with Gasteiger partial charge in [-0.05, 0) is 30.9 Å². The SMILES string of the molecule is CCC1CCCN(S(=O)(=O)c2cc(F)c(Cl)c(CO)c2)C1. The molecule has 1 atom stereocenters. The third-order valence-electron chi connectivity index (χ3n) is 3.94. The first kappa shape index (κ1) is 16.7. The molecule has 0 aliphatic carbocycles. The van der Waals surface area contributed by atoms with Gasteiger partial charge in [-0.1, -0.05) is 24.9 Å². The van der Waals surface area contributed by atoms with Gasteiger partial charge in [0.25, 0.3) is 0 Å². The maximum Gasteiger partial charge on any atom is 0.243 e. The highest BCUT2D eigenvalue weighted by Gasteiger charge is 2.30. The average molecular weight is 336 g/mol. The average Bonchev–Trinajstić information content (AvgIpc) is 2.49.